The van der Waals surface area contributed by atoms with E-state index in [4.69, 9.17) is 4.74 Å². The van der Waals surface area contributed by atoms with Crippen LogP contribution in [0.25, 0.3) is 0 Å². The van der Waals surface area contributed by atoms with Crippen LogP contribution in [-0.2, 0) is 5.41 Å². The molecule has 0 saturated carbocycles. The molecule has 147 valence electrons. The Kier molecular flexibility index (Phi) is 9.49. The van der Waals surface area contributed by atoms with Gasteiger partial charge in [0.2, 0.25) is 0 Å². The topological polar surface area (TPSA) is 26.3 Å². The molecule has 2 aromatic carbocycles. The monoisotopic (exact) mass is 391 g/mol. The van der Waals surface area contributed by atoms with Crippen LogP contribution in [0, 0.1) is 19.8 Å². The molecular formula is C24H33LiO2P. The van der Waals surface area contributed by atoms with Crippen LogP contribution in [0.1, 0.15) is 68.1 Å². The molecule has 2 aromatic rings. The molecule has 2 rings (SSSR count). The van der Waals surface area contributed by atoms with E-state index in [2.05, 4.69) is 46.8 Å². The summed E-state index contributed by atoms with van der Waals surface area (Å²) < 4.78 is 5.76. The average Bonchev–Trinajstić information content (AvgIpc) is 2.54. The zero-order chi connectivity index (χ0) is 20.2. The van der Waals surface area contributed by atoms with Crippen molar-refractivity contribution >= 4 is 38.3 Å². The summed E-state index contributed by atoms with van der Waals surface area (Å²) in [5.41, 5.74) is 4.60. The van der Waals surface area contributed by atoms with Crippen molar-refractivity contribution in [2.24, 2.45) is 5.92 Å². The van der Waals surface area contributed by atoms with E-state index in [9.17, 15) is 4.79 Å². The third-order valence-electron chi connectivity index (χ3n) is 4.70. The van der Waals surface area contributed by atoms with Crippen LogP contribution in [0.15, 0.2) is 36.4 Å². The minimum atomic E-state index is 0. The van der Waals surface area contributed by atoms with Gasteiger partial charge in [0, 0.05) is 24.4 Å². The Morgan fingerprint density at radius 3 is 2.04 bits per heavy atom. The molecule has 28 heavy (non-hydrogen) atoms. The van der Waals surface area contributed by atoms with Crippen molar-refractivity contribution in [1.29, 1.82) is 0 Å². The first kappa shape index (κ1) is 25.0. The van der Waals surface area contributed by atoms with Crippen molar-refractivity contribution in [3.63, 3.8) is 0 Å². The van der Waals surface area contributed by atoms with E-state index in [0.29, 0.717) is 5.92 Å². The second-order valence-electron chi connectivity index (χ2n) is 8.74. The quantitative estimate of drug-likeness (QED) is 0.441. The molecule has 0 aliphatic rings. The van der Waals surface area contributed by atoms with E-state index < -0.39 is 0 Å². The van der Waals surface area contributed by atoms with Gasteiger partial charge in [-0.2, -0.15) is 0 Å². The minimum Gasteiger partial charge on any atom is -0.494 e. The van der Waals surface area contributed by atoms with E-state index in [0.717, 1.165) is 40.8 Å². The second-order valence-corrected chi connectivity index (χ2v) is 10.0. The smallest absolute Gasteiger partial charge is 0.186 e. The summed E-state index contributed by atoms with van der Waals surface area (Å²) in [5.74, 6) is 1.51. The number of hydrogen-bond acceptors (Lipinski definition) is 2. The first-order chi connectivity index (χ1) is 12.6. The molecule has 1 atom stereocenters. The van der Waals surface area contributed by atoms with Gasteiger partial charge < -0.3 is 4.74 Å². The Labute approximate surface area is 184 Å². The maximum atomic E-state index is 12.9. The standard InChI is InChI=1S/C24H33O2P.Li/c1-16(2)12-13-26-20-8-10-21(11-9-20)27-23(25)22-17(3)14-19(15-18(22)4)24(5,6)7;/h8-11,14-16,27H,12-13H2,1-7H3;. The molecule has 0 aliphatic heterocycles. The number of rotatable bonds is 7. The number of benzene rings is 2. The summed E-state index contributed by atoms with van der Waals surface area (Å²) in [4.78, 5) is 12.9. The van der Waals surface area contributed by atoms with Crippen LogP contribution < -0.4 is 10.0 Å². The largest absolute Gasteiger partial charge is 0.494 e. The summed E-state index contributed by atoms with van der Waals surface area (Å²) in [6.45, 7) is 15.8. The average molecular weight is 391 g/mol. The molecule has 0 spiro atoms. The van der Waals surface area contributed by atoms with E-state index in [-0.39, 0.29) is 38.4 Å². The Morgan fingerprint density at radius 1 is 1.04 bits per heavy atom. The van der Waals surface area contributed by atoms with E-state index in [1.165, 1.54) is 5.56 Å². The van der Waals surface area contributed by atoms with Crippen LogP contribution in [0.4, 0.5) is 0 Å². The van der Waals surface area contributed by atoms with Crippen molar-refractivity contribution in [3.05, 3.63) is 58.7 Å². The fourth-order valence-electron chi connectivity index (χ4n) is 3.00. The third kappa shape index (κ3) is 7.08. The number of carbonyl (C=O) groups is 1. The van der Waals surface area contributed by atoms with Crippen LogP contribution in [0.2, 0.25) is 0 Å². The van der Waals surface area contributed by atoms with Gasteiger partial charge in [-0.05, 0) is 74.3 Å². The fraction of sp³-hybridized carbons (Fsp3) is 0.458. The first-order valence-electron chi connectivity index (χ1n) is 9.74. The molecule has 0 amide bonds. The minimum absolute atomic E-state index is 0. The molecule has 0 bridgehead atoms. The molecule has 1 radical (unpaired) electrons. The van der Waals surface area contributed by atoms with Crippen LogP contribution in [0.5, 0.6) is 5.75 Å². The van der Waals surface area contributed by atoms with Crippen LogP contribution in [0.3, 0.4) is 0 Å². The predicted molar refractivity (Wildman–Crippen MR) is 124 cm³/mol. The molecule has 0 fully saturated rings. The van der Waals surface area contributed by atoms with Gasteiger partial charge >= 0.3 is 0 Å². The van der Waals surface area contributed by atoms with Gasteiger partial charge in [-0.3, -0.25) is 4.79 Å². The summed E-state index contributed by atoms with van der Waals surface area (Å²) >= 11 is 0. The molecule has 0 aliphatic carbocycles. The van der Waals surface area contributed by atoms with Crippen molar-refractivity contribution in [2.75, 3.05) is 6.61 Å². The van der Waals surface area contributed by atoms with Crippen molar-refractivity contribution in [2.45, 2.75) is 60.3 Å². The predicted octanol–water partition coefficient (Wildman–Crippen LogP) is 5.79. The number of ether oxygens (including phenoxy) is 1. The zero-order valence-electron chi connectivity index (χ0n) is 18.8. The Morgan fingerprint density at radius 2 is 1.57 bits per heavy atom. The number of carbonyl (C=O) groups excluding carboxylic acids is 1. The maximum Gasteiger partial charge on any atom is 0.186 e. The number of aryl methyl sites for hydroxylation is 2. The Hall–Kier alpha value is -1.06. The van der Waals surface area contributed by atoms with Gasteiger partial charge in [-0.15, -0.1) is 0 Å². The molecule has 1 unspecified atom stereocenters. The first-order valence-corrected chi connectivity index (χ1v) is 10.7. The fourth-order valence-corrected chi connectivity index (χ4v) is 4.11. The van der Waals surface area contributed by atoms with Gasteiger partial charge in [0.1, 0.15) is 5.75 Å². The molecule has 0 N–H and O–H groups in total. The normalized spacial score (nSPS) is 11.7. The molecular weight excluding hydrogens is 358 g/mol. The van der Waals surface area contributed by atoms with Gasteiger partial charge in [0.15, 0.2) is 5.52 Å². The SMILES string of the molecule is Cc1cc(C(C)(C)C)cc(C)c1C(=O)Pc1ccc(OCCC(C)C)cc1.[Li]. The Bertz CT molecular complexity index is 766. The van der Waals surface area contributed by atoms with Crippen molar-refractivity contribution in [1.82, 2.24) is 0 Å². The molecule has 0 heterocycles. The van der Waals surface area contributed by atoms with E-state index in [1.54, 1.807) is 0 Å². The van der Waals surface area contributed by atoms with Gasteiger partial charge in [-0.25, -0.2) is 0 Å². The summed E-state index contributed by atoms with van der Waals surface area (Å²) in [5, 5.41) is 1.05. The van der Waals surface area contributed by atoms with E-state index in [1.807, 2.05) is 38.1 Å². The molecule has 2 nitrogen and oxygen atoms in total. The Balaban J connectivity index is 0.00000392. The van der Waals surface area contributed by atoms with Gasteiger partial charge in [0.05, 0.1) is 6.61 Å². The second kappa shape index (κ2) is 10.6. The molecule has 0 aromatic heterocycles. The summed E-state index contributed by atoms with van der Waals surface area (Å²) in [6, 6.07) is 12.3. The van der Waals surface area contributed by atoms with Gasteiger partial charge in [0.25, 0.3) is 0 Å². The maximum absolute atomic E-state index is 12.9. The number of hydrogen-bond donors (Lipinski definition) is 0. The molecule has 0 saturated heterocycles. The zero-order valence-corrected chi connectivity index (χ0v) is 19.8. The van der Waals surface area contributed by atoms with Crippen molar-refractivity contribution < 1.29 is 9.53 Å². The molecule has 4 heteroatoms. The van der Waals surface area contributed by atoms with E-state index >= 15 is 0 Å². The summed E-state index contributed by atoms with van der Waals surface area (Å²) in [7, 11) is 0.132. The van der Waals surface area contributed by atoms with Gasteiger partial charge in [-0.1, -0.05) is 58.9 Å². The van der Waals surface area contributed by atoms with Crippen LogP contribution >= 0.6 is 8.58 Å². The third-order valence-corrected chi connectivity index (χ3v) is 5.80. The summed E-state index contributed by atoms with van der Waals surface area (Å²) in [6.07, 6.45) is 1.05. The van der Waals surface area contributed by atoms with Crippen LogP contribution in [-0.4, -0.2) is 31.0 Å². The van der Waals surface area contributed by atoms with Crippen molar-refractivity contribution in [3.8, 4) is 5.75 Å².